The minimum Gasteiger partial charge on any atom is -0.258 e. The molecule has 0 aliphatic heterocycles. The van der Waals surface area contributed by atoms with Crippen LogP contribution in [-0.2, 0) is 0 Å². The number of rotatable bonds is 1. The van der Waals surface area contributed by atoms with Gasteiger partial charge in [0.05, 0.1) is 4.92 Å². The summed E-state index contributed by atoms with van der Waals surface area (Å²) in [5.41, 5.74) is 0.110. The molecule has 5 heteroatoms. The lowest BCUT2D eigenvalue weighted by Gasteiger charge is -2.00. The Morgan fingerprint density at radius 2 is 2.00 bits per heavy atom. The summed E-state index contributed by atoms with van der Waals surface area (Å²) in [4.78, 5) is 9.76. The fourth-order valence-electron chi connectivity index (χ4n) is 0.726. The number of hydrogen-bond donors (Lipinski definition) is 0. The third-order valence-electron chi connectivity index (χ3n) is 1.36. The highest BCUT2D eigenvalue weighted by Gasteiger charge is 2.15. The van der Waals surface area contributed by atoms with E-state index in [9.17, 15) is 10.1 Å². The average Bonchev–Trinajstić information content (AvgIpc) is 2.00. The molecule has 0 saturated carbocycles. The summed E-state index contributed by atoms with van der Waals surface area (Å²) in [6.45, 7) is 3.49. The van der Waals surface area contributed by atoms with Gasteiger partial charge in [0.2, 0.25) is 0 Å². The van der Waals surface area contributed by atoms with Crippen LogP contribution in [-0.4, -0.2) is 4.92 Å². The van der Waals surface area contributed by atoms with Gasteiger partial charge in [-0.1, -0.05) is 23.2 Å². The van der Waals surface area contributed by atoms with Crippen molar-refractivity contribution >= 4 is 28.9 Å². The first-order valence-electron chi connectivity index (χ1n) is 2.98. The molecule has 0 spiro atoms. The minimum atomic E-state index is -0.576. The molecule has 1 rings (SSSR count). The summed E-state index contributed by atoms with van der Waals surface area (Å²) in [7, 11) is 0. The second-order valence-electron chi connectivity index (χ2n) is 2.12. The van der Waals surface area contributed by atoms with Crippen molar-refractivity contribution in [1.82, 2.24) is 0 Å². The summed E-state index contributed by atoms with van der Waals surface area (Å²) in [6.07, 6.45) is 0. The Bertz CT molecular complexity index is 338. The summed E-state index contributed by atoms with van der Waals surface area (Å²) < 4.78 is 0. The van der Waals surface area contributed by atoms with E-state index in [1.165, 1.54) is 12.1 Å². The van der Waals surface area contributed by atoms with Crippen LogP contribution in [0.5, 0.6) is 0 Å². The molecule has 1 aromatic rings. The molecule has 12 heavy (non-hydrogen) atoms. The highest BCUT2D eigenvalue weighted by molar-refractivity contribution is 6.37. The van der Waals surface area contributed by atoms with Crippen molar-refractivity contribution in [3.8, 4) is 0 Å². The summed E-state index contributed by atoms with van der Waals surface area (Å²) in [5, 5.41) is 10.7. The van der Waals surface area contributed by atoms with E-state index >= 15 is 0 Å². The van der Waals surface area contributed by atoms with Crippen molar-refractivity contribution in [3.63, 3.8) is 0 Å². The Balaban J connectivity index is 3.36. The molecule has 1 aromatic carbocycles. The van der Waals surface area contributed by atoms with Gasteiger partial charge in [0.1, 0.15) is 5.02 Å². The lowest BCUT2D eigenvalue weighted by Crippen LogP contribution is -1.90. The largest absolute Gasteiger partial charge is 0.288 e. The third kappa shape index (κ3) is 1.52. The average molecular weight is 205 g/mol. The Morgan fingerprint density at radius 3 is 2.50 bits per heavy atom. The summed E-state index contributed by atoms with van der Waals surface area (Å²) >= 11 is 11.2. The zero-order valence-electron chi connectivity index (χ0n) is 5.88. The second kappa shape index (κ2) is 3.29. The Hall–Kier alpha value is -0.800. The van der Waals surface area contributed by atoms with Crippen LogP contribution in [0.4, 0.5) is 5.69 Å². The van der Waals surface area contributed by atoms with Gasteiger partial charge >= 0.3 is 0 Å². The molecule has 0 aliphatic rings. The van der Waals surface area contributed by atoms with Crippen LogP contribution in [0.15, 0.2) is 12.1 Å². The molecule has 63 valence electrons. The van der Waals surface area contributed by atoms with Gasteiger partial charge in [-0.2, -0.15) is 0 Å². The molecule has 0 bridgehead atoms. The topological polar surface area (TPSA) is 43.1 Å². The van der Waals surface area contributed by atoms with Gasteiger partial charge < -0.3 is 0 Å². The first-order valence-corrected chi connectivity index (χ1v) is 3.74. The number of nitro groups is 1. The Morgan fingerprint density at radius 1 is 1.42 bits per heavy atom. The molecular weight excluding hydrogens is 201 g/mol. The molecule has 0 atom stereocenters. The number of nitrogens with zero attached hydrogens (tertiary/aromatic N) is 1. The molecule has 0 N–H and O–H groups in total. The SMILES string of the molecule is [CH2]c1c(Cl)ccc([N+](=O)[O-])c1Cl. The van der Waals surface area contributed by atoms with Crippen LogP contribution in [0, 0.1) is 17.0 Å². The van der Waals surface area contributed by atoms with E-state index in [1.54, 1.807) is 0 Å². The molecule has 0 fully saturated rings. The molecule has 0 aromatic heterocycles. The normalized spacial score (nSPS) is 9.92. The van der Waals surface area contributed by atoms with Gasteiger partial charge in [0.25, 0.3) is 5.69 Å². The predicted octanol–water partition coefficient (Wildman–Crippen LogP) is 3.08. The molecule has 0 unspecified atom stereocenters. The third-order valence-corrected chi connectivity index (χ3v) is 2.14. The van der Waals surface area contributed by atoms with Gasteiger partial charge in [-0.15, -0.1) is 0 Å². The number of benzene rings is 1. The van der Waals surface area contributed by atoms with E-state index in [4.69, 9.17) is 23.2 Å². The maximum Gasteiger partial charge on any atom is 0.288 e. The van der Waals surface area contributed by atoms with Crippen LogP contribution >= 0.6 is 23.2 Å². The Kier molecular flexibility index (Phi) is 2.55. The maximum absolute atomic E-state index is 10.3. The highest BCUT2D eigenvalue weighted by Crippen LogP contribution is 2.31. The van der Waals surface area contributed by atoms with Crippen LogP contribution < -0.4 is 0 Å². The van der Waals surface area contributed by atoms with Crippen molar-refractivity contribution in [2.24, 2.45) is 0 Å². The van der Waals surface area contributed by atoms with E-state index in [1.807, 2.05) is 0 Å². The van der Waals surface area contributed by atoms with Gasteiger partial charge in [-0.25, -0.2) is 0 Å². The summed E-state index contributed by atoms with van der Waals surface area (Å²) in [5.74, 6) is 0. The fraction of sp³-hybridized carbons (Fsp3) is 0. The van der Waals surface area contributed by atoms with Crippen LogP contribution in [0.3, 0.4) is 0 Å². The quantitative estimate of drug-likeness (QED) is 0.522. The van der Waals surface area contributed by atoms with Crippen molar-refractivity contribution in [2.45, 2.75) is 0 Å². The van der Waals surface area contributed by atoms with E-state index < -0.39 is 4.92 Å². The number of hydrogen-bond acceptors (Lipinski definition) is 2. The van der Waals surface area contributed by atoms with Crippen LogP contribution in [0.1, 0.15) is 5.56 Å². The highest BCUT2D eigenvalue weighted by atomic mass is 35.5. The second-order valence-corrected chi connectivity index (χ2v) is 2.90. The van der Waals surface area contributed by atoms with Gasteiger partial charge in [0.15, 0.2) is 0 Å². The number of halogens is 2. The summed E-state index contributed by atoms with van der Waals surface area (Å²) in [6, 6.07) is 2.65. The van der Waals surface area contributed by atoms with Gasteiger partial charge in [-0.3, -0.25) is 10.1 Å². The van der Waals surface area contributed by atoms with Crippen molar-refractivity contribution < 1.29 is 4.92 Å². The van der Waals surface area contributed by atoms with Crippen molar-refractivity contribution in [2.75, 3.05) is 0 Å². The molecule has 0 amide bonds. The standard InChI is InChI=1S/C7H4Cl2NO2/c1-4-5(8)2-3-6(7(4)9)10(11)12/h2-3H,1H2. The van der Waals surface area contributed by atoms with Crippen LogP contribution in [0.2, 0.25) is 10.0 Å². The molecule has 3 nitrogen and oxygen atoms in total. The van der Waals surface area contributed by atoms with Gasteiger partial charge in [0, 0.05) is 11.1 Å². The number of nitro benzene ring substituents is 1. The molecular formula is C7H4Cl2NO2. The maximum atomic E-state index is 10.3. The molecule has 0 saturated heterocycles. The first-order chi connectivity index (χ1) is 5.54. The zero-order valence-corrected chi connectivity index (χ0v) is 7.39. The molecule has 0 heterocycles. The van der Waals surface area contributed by atoms with E-state index in [0.29, 0.717) is 5.02 Å². The van der Waals surface area contributed by atoms with E-state index in [2.05, 4.69) is 6.92 Å². The minimum absolute atomic E-state index is 0.00694. The van der Waals surface area contributed by atoms with Gasteiger partial charge in [-0.05, 0) is 18.6 Å². The predicted molar refractivity (Wildman–Crippen MR) is 47.6 cm³/mol. The molecule has 0 aliphatic carbocycles. The molecule has 1 radical (unpaired) electrons. The monoisotopic (exact) mass is 204 g/mol. The van der Waals surface area contributed by atoms with Crippen LogP contribution in [0.25, 0.3) is 0 Å². The van der Waals surface area contributed by atoms with E-state index in [-0.39, 0.29) is 16.3 Å². The first kappa shape index (κ1) is 9.29. The fourth-order valence-corrected chi connectivity index (χ4v) is 1.17. The smallest absolute Gasteiger partial charge is 0.258 e. The Labute approximate surface area is 79.1 Å². The zero-order chi connectivity index (χ0) is 9.30. The lowest BCUT2D eigenvalue weighted by atomic mass is 10.2. The van der Waals surface area contributed by atoms with E-state index in [0.717, 1.165) is 0 Å². The van der Waals surface area contributed by atoms with Crippen molar-refractivity contribution in [3.05, 3.63) is 44.8 Å². The van der Waals surface area contributed by atoms with Crippen molar-refractivity contribution in [1.29, 1.82) is 0 Å². The lowest BCUT2D eigenvalue weighted by molar-refractivity contribution is -0.384.